The Morgan fingerprint density at radius 1 is 1.50 bits per heavy atom. The molecule has 0 amide bonds. The monoisotopic (exact) mass is 195 g/mol. The van der Waals surface area contributed by atoms with Crippen LogP contribution in [0, 0.1) is 0 Å². The molecule has 14 heavy (non-hydrogen) atoms. The van der Waals surface area contributed by atoms with Gasteiger partial charge in [-0.25, -0.2) is 4.39 Å². The Bertz CT molecular complexity index is 349. The van der Waals surface area contributed by atoms with Gasteiger partial charge in [-0.05, 0) is 43.5 Å². The van der Waals surface area contributed by atoms with Gasteiger partial charge >= 0.3 is 0 Å². The number of benzene rings is 1. The molecule has 3 heteroatoms. The van der Waals surface area contributed by atoms with Crippen molar-refractivity contribution in [3.8, 4) is 5.75 Å². The highest BCUT2D eigenvalue weighted by molar-refractivity contribution is 5.55. The number of phenols is 1. The number of phenolic OH excluding ortho intramolecular Hbond substituents is 1. The summed E-state index contributed by atoms with van der Waals surface area (Å²) in [5.74, 6) is 0.244. The second kappa shape index (κ2) is 3.15. The largest absolute Gasteiger partial charge is 0.508 e. The number of nitrogens with one attached hydrogen (secondary N) is 1. The second-order valence-electron chi connectivity index (χ2n) is 4.11. The Morgan fingerprint density at radius 2 is 2.29 bits per heavy atom. The smallest absolute Gasteiger partial charge is 0.125 e. The molecule has 0 aromatic heterocycles. The maximum absolute atomic E-state index is 13.7. The van der Waals surface area contributed by atoms with E-state index >= 15 is 0 Å². The molecule has 2 nitrogen and oxygen atoms in total. The average Bonchev–Trinajstić information content (AvgIpc) is 2.26. The minimum Gasteiger partial charge on any atom is -0.508 e. The number of anilines is 1. The Balaban J connectivity index is 2.30. The van der Waals surface area contributed by atoms with Crippen LogP contribution in [-0.4, -0.2) is 17.3 Å². The molecule has 0 radical (unpaired) electrons. The molecule has 1 aromatic carbocycles. The van der Waals surface area contributed by atoms with Crippen LogP contribution in [0.3, 0.4) is 0 Å². The molecule has 0 spiro atoms. The van der Waals surface area contributed by atoms with E-state index in [1.807, 2.05) is 0 Å². The molecule has 1 unspecified atom stereocenters. The number of fused-ring (bicyclic) bond motifs is 1. The quantitative estimate of drug-likeness (QED) is 0.623. The van der Waals surface area contributed by atoms with Gasteiger partial charge in [0.15, 0.2) is 0 Å². The first-order chi connectivity index (χ1) is 6.57. The fourth-order valence-corrected chi connectivity index (χ4v) is 1.72. The molecule has 2 rings (SSSR count). The number of halogens is 1. The molecule has 1 aromatic rings. The van der Waals surface area contributed by atoms with Gasteiger partial charge in [-0.3, -0.25) is 0 Å². The lowest BCUT2D eigenvalue weighted by Crippen LogP contribution is -2.26. The number of hydrogen-bond acceptors (Lipinski definition) is 2. The highest BCUT2D eigenvalue weighted by atomic mass is 19.1. The molecule has 1 aliphatic rings. The summed E-state index contributed by atoms with van der Waals surface area (Å²) >= 11 is 0. The Labute approximate surface area is 82.8 Å². The summed E-state index contributed by atoms with van der Waals surface area (Å²) in [6.07, 6.45) is 1.17. The summed E-state index contributed by atoms with van der Waals surface area (Å²) in [4.78, 5) is 0. The van der Waals surface area contributed by atoms with E-state index in [0.29, 0.717) is 19.4 Å². The minimum atomic E-state index is -1.16. The molecule has 0 bridgehead atoms. The number of aryl methyl sites for hydroxylation is 1. The zero-order chi connectivity index (χ0) is 10.2. The highest BCUT2D eigenvalue weighted by Crippen LogP contribution is 2.29. The topological polar surface area (TPSA) is 32.3 Å². The van der Waals surface area contributed by atoms with Crippen molar-refractivity contribution in [2.24, 2.45) is 0 Å². The van der Waals surface area contributed by atoms with Gasteiger partial charge in [0.1, 0.15) is 11.4 Å². The summed E-state index contributed by atoms with van der Waals surface area (Å²) in [6, 6.07) is 5.11. The van der Waals surface area contributed by atoms with Crippen LogP contribution in [0.5, 0.6) is 5.75 Å². The van der Waals surface area contributed by atoms with Crippen LogP contribution in [-0.2, 0) is 6.42 Å². The van der Waals surface area contributed by atoms with Gasteiger partial charge < -0.3 is 10.4 Å². The molecular weight excluding hydrogens is 181 g/mol. The molecule has 0 fully saturated rings. The van der Waals surface area contributed by atoms with Gasteiger partial charge in [0.2, 0.25) is 0 Å². The van der Waals surface area contributed by atoms with Crippen molar-refractivity contribution in [1.82, 2.24) is 0 Å². The first-order valence-corrected chi connectivity index (χ1v) is 4.81. The van der Waals surface area contributed by atoms with E-state index in [1.165, 1.54) is 0 Å². The lowest BCUT2D eigenvalue weighted by atomic mass is 10.0. The molecule has 1 heterocycles. The molecule has 0 saturated heterocycles. The van der Waals surface area contributed by atoms with Crippen LogP contribution in [0.25, 0.3) is 0 Å². The number of alkyl halides is 1. The number of aromatic hydroxyl groups is 1. The van der Waals surface area contributed by atoms with Crippen molar-refractivity contribution in [3.05, 3.63) is 23.8 Å². The van der Waals surface area contributed by atoms with E-state index < -0.39 is 5.67 Å². The molecular formula is C11H14FNO. The Kier molecular flexibility index (Phi) is 2.10. The predicted octanol–water partition coefficient (Wildman–Crippen LogP) is 2.48. The molecule has 76 valence electrons. The van der Waals surface area contributed by atoms with Crippen molar-refractivity contribution >= 4 is 5.69 Å². The Morgan fingerprint density at radius 3 is 3.07 bits per heavy atom. The van der Waals surface area contributed by atoms with E-state index in [9.17, 15) is 9.50 Å². The molecule has 2 N–H and O–H groups in total. The summed E-state index contributed by atoms with van der Waals surface area (Å²) < 4.78 is 13.7. The maximum atomic E-state index is 13.7. The van der Waals surface area contributed by atoms with Gasteiger partial charge in [-0.15, -0.1) is 0 Å². The Hall–Kier alpha value is -1.25. The van der Waals surface area contributed by atoms with Gasteiger partial charge in [0, 0.05) is 12.2 Å². The number of hydrogen-bond donors (Lipinski definition) is 2. The predicted molar refractivity (Wildman–Crippen MR) is 54.4 cm³/mol. The summed E-state index contributed by atoms with van der Waals surface area (Å²) in [7, 11) is 0. The highest BCUT2D eigenvalue weighted by Gasteiger charge is 2.26. The van der Waals surface area contributed by atoms with E-state index in [-0.39, 0.29) is 5.75 Å². The third-order valence-corrected chi connectivity index (χ3v) is 2.65. The van der Waals surface area contributed by atoms with Crippen molar-refractivity contribution in [3.63, 3.8) is 0 Å². The fourth-order valence-electron chi connectivity index (χ4n) is 1.72. The fraction of sp³-hybridized carbons (Fsp3) is 0.455. The van der Waals surface area contributed by atoms with Crippen LogP contribution in [0.1, 0.15) is 18.9 Å². The van der Waals surface area contributed by atoms with E-state index in [2.05, 4.69) is 5.32 Å². The van der Waals surface area contributed by atoms with Crippen molar-refractivity contribution in [2.45, 2.75) is 25.4 Å². The van der Waals surface area contributed by atoms with Crippen molar-refractivity contribution < 1.29 is 9.50 Å². The lowest BCUT2D eigenvalue weighted by molar-refractivity contribution is 0.195. The van der Waals surface area contributed by atoms with Gasteiger partial charge in [-0.2, -0.15) is 0 Å². The van der Waals surface area contributed by atoms with E-state index in [4.69, 9.17) is 0 Å². The van der Waals surface area contributed by atoms with Crippen molar-refractivity contribution in [1.29, 1.82) is 0 Å². The van der Waals surface area contributed by atoms with Gasteiger partial charge in [-0.1, -0.05) is 0 Å². The van der Waals surface area contributed by atoms with Crippen LogP contribution in [0.4, 0.5) is 10.1 Å². The minimum absolute atomic E-state index is 0.244. The van der Waals surface area contributed by atoms with E-state index in [1.54, 1.807) is 25.1 Å². The standard InChI is InChI=1S/C11H14FNO/c1-11(12)5-4-8-6-9(14)2-3-10(8)13-7-11/h2-3,6,13-14H,4-5,7H2,1H3. The van der Waals surface area contributed by atoms with Crippen LogP contribution in [0.15, 0.2) is 18.2 Å². The molecule has 0 aliphatic carbocycles. The summed E-state index contributed by atoms with van der Waals surface area (Å²) in [5, 5.41) is 12.3. The van der Waals surface area contributed by atoms with Crippen molar-refractivity contribution in [2.75, 3.05) is 11.9 Å². The zero-order valence-corrected chi connectivity index (χ0v) is 8.18. The second-order valence-corrected chi connectivity index (χ2v) is 4.11. The third kappa shape index (κ3) is 1.81. The van der Waals surface area contributed by atoms with E-state index in [0.717, 1.165) is 11.3 Å². The summed E-state index contributed by atoms with van der Waals surface area (Å²) in [5.41, 5.74) is 0.768. The maximum Gasteiger partial charge on any atom is 0.125 e. The van der Waals surface area contributed by atoms with Gasteiger partial charge in [0.05, 0.1) is 0 Å². The summed E-state index contributed by atoms with van der Waals surface area (Å²) in [6.45, 7) is 1.94. The average molecular weight is 195 g/mol. The molecule has 0 saturated carbocycles. The van der Waals surface area contributed by atoms with Crippen LogP contribution < -0.4 is 5.32 Å². The van der Waals surface area contributed by atoms with Crippen LogP contribution in [0.2, 0.25) is 0 Å². The molecule has 1 aliphatic heterocycles. The number of rotatable bonds is 0. The zero-order valence-electron chi connectivity index (χ0n) is 8.18. The first-order valence-electron chi connectivity index (χ1n) is 4.81. The SMILES string of the molecule is CC1(F)CCc2cc(O)ccc2NC1. The normalized spacial score (nSPS) is 26.1. The third-order valence-electron chi connectivity index (χ3n) is 2.65. The lowest BCUT2D eigenvalue weighted by Gasteiger charge is -2.17. The van der Waals surface area contributed by atoms with Gasteiger partial charge in [0.25, 0.3) is 0 Å². The molecule has 1 atom stereocenters. The first kappa shape index (κ1) is 9.31. The van der Waals surface area contributed by atoms with Crippen LogP contribution >= 0.6 is 0 Å².